The number of benzene rings is 2. The predicted octanol–water partition coefficient (Wildman–Crippen LogP) is 2.05. The van der Waals surface area contributed by atoms with Gasteiger partial charge in [-0.2, -0.15) is 9.37 Å². The Bertz CT molecular complexity index is 1340. The van der Waals surface area contributed by atoms with Crippen LogP contribution >= 0.6 is 11.8 Å². The van der Waals surface area contributed by atoms with Crippen LogP contribution in [0.2, 0.25) is 0 Å². The van der Waals surface area contributed by atoms with Gasteiger partial charge in [0.25, 0.3) is 11.8 Å². The molecule has 4 rings (SSSR count). The van der Waals surface area contributed by atoms with E-state index in [0.29, 0.717) is 35.1 Å². The van der Waals surface area contributed by atoms with E-state index in [1.165, 1.54) is 16.3 Å². The number of urea groups is 1. The van der Waals surface area contributed by atoms with E-state index in [1.807, 2.05) is 12.1 Å². The number of fused-ring (bicyclic) bond motifs is 1. The molecule has 1 atom stereocenters. The van der Waals surface area contributed by atoms with Crippen molar-refractivity contribution in [2.24, 2.45) is 0 Å². The molecule has 39 heavy (non-hydrogen) atoms. The molecular formula is C27H29N4O7S+. The Kier molecular flexibility index (Phi) is 8.87. The highest BCUT2D eigenvalue weighted by molar-refractivity contribution is 8.04. The molecule has 0 fully saturated rings. The van der Waals surface area contributed by atoms with Gasteiger partial charge in [-0.1, -0.05) is 6.07 Å². The minimum absolute atomic E-state index is 0.287. The van der Waals surface area contributed by atoms with Crippen molar-refractivity contribution in [3.63, 3.8) is 0 Å². The second-order valence-electron chi connectivity index (χ2n) is 8.60. The van der Waals surface area contributed by atoms with Crippen LogP contribution in [0.15, 0.2) is 53.9 Å². The number of hydrogen-bond acceptors (Lipinski definition) is 8. The van der Waals surface area contributed by atoms with Gasteiger partial charge >= 0.3 is 11.9 Å². The van der Waals surface area contributed by atoms with Gasteiger partial charge in [-0.3, -0.25) is 9.59 Å². The molecule has 0 aliphatic carbocycles. The zero-order valence-corrected chi connectivity index (χ0v) is 22.6. The number of imide groups is 1. The summed E-state index contributed by atoms with van der Waals surface area (Å²) in [5.74, 6) is 0.397. The Hall–Kier alpha value is -4.32. The number of carbonyl (C=O) groups excluding carboxylic acids is 4. The number of rotatable bonds is 11. The van der Waals surface area contributed by atoms with Crippen molar-refractivity contribution in [1.29, 1.82) is 0 Å². The molecule has 2 aliphatic rings. The largest absolute Gasteiger partial charge is 0.501 e. The van der Waals surface area contributed by atoms with Gasteiger partial charge in [-0.05, 0) is 59.9 Å². The van der Waals surface area contributed by atoms with E-state index in [-0.39, 0.29) is 13.1 Å². The molecule has 0 spiro atoms. The normalized spacial score (nSPS) is 16.2. The number of hydrogen-bond donors (Lipinski definition) is 2. The smallest absolute Gasteiger partial charge is 0.497 e. The summed E-state index contributed by atoms with van der Waals surface area (Å²) in [7, 11) is 4.64. The molecule has 0 saturated carbocycles. The molecule has 12 heteroatoms. The molecule has 0 saturated heterocycles. The summed E-state index contributed by atoms with van der Waals surface area (Å²) in [6, 6.07) is 11.5. The molecule has 0 aromatic heterocycles. The molecule has 1 unspecified atom stereocenters. The molecule has 0 bridgehead atoms. The standard InChI is InChI=1S/C27H28N4O7S/c1-36-19-7-5-18(6-8-19)29-24(33)16-30-20-11-13-39-25(20)26(34)31(27(30)35)15-23(32)28-12-10-17-4-9-21(37-2)22(14-17)38-3/h4-9,11,13-14,25H,10,12,15-16H2,1-3H3,(H-,28,29,32,33)/p+1. The minimum atomic E-state index is -0.724. The van der Waals surface area contributed by atoms with Gasteiger partial charge in [0.1, 0.15) is 11.5 Å². The van der Waals surface area contributed by atoms with Crippen LogP contribution in [0.3, 0.4) is 0 Å². The number of ether oxygens (including phenoxy) is 3. The predicted molar refractivity (Wildman–Crippen MR) is 146 cm³/mol. The second-order valence-corrected chi connectivity index (χ2v) is 9.62. The van der Waals surface area contributed by atoms with E-state index >= 15 is 0 Å². The third kappa shape index (κ3) is 6.40. The third-order valence-electron chi connectivity index (χ3n) is 6.15. The van der Waals surface area contributed by atoms with Crippen molar-refractivity contribution in [2.45, 2.75) is 11.7 Å². The maximum Gasteiger partial charge on any atom is 0.501 e. The van der Waals surface area contributed by atoms with Crippen LogP contribution in [-0.4, -0.2) is 85.2 Å². The van der Waals surface area contributed by atoms with Crippen LogP contribution in [-0.2, 0) is 20.8 Å². The molecule has 2 aromatic carbocycles. The van der Waals surface area contributed by atoms with Gasteiger partial charge in [0, 0.05) is 12.2 Å². The average molecular weight is 554 g/mol. The van der Waals surface area contributed by atoms with Gasteiger partial charge in [-0.25, -0.2) is 4.79 Å². The highest BCUT2D eigenvalue weighted by atomic mass is 32.2. The Morgan fingerprint density at radius 3 is 2.41 bits per heavy atom. The van der Waals surface area contributed by atoms with Crippen molar-refractivity contribution in [2.75, 3.05) is 46.3 Å². The fourth-order valence-corrected chi connectivity index (χ4v) is 5.12. The van der Waals surface area contributed by atoms with Crippen molar-refractivity contribution >= 4 is 46.9 Å². The Morgan fingerprint density at radius 1 is 0.974 bits per heavy atom. The summed E-state index contributed by atoms with van der Waals surface area (Å²) in [4.78, 5) is 52.7. The first kappa shape index (κ1) is 27.7. The van der Waals surface area contributed by atoms with E-state index in [0.717, 1.165) is 10.5 Å². The quantitative estimate of drug-likeness (QED) is 0.405. The van der Waals surface area contributed by atoms with Gasteiger partial charge in [0.05, 0.1) is 21.3 Å². The van der Waals surface area contributed by atoms with Crippen LogP contribution < -0.4 is 24.8 Å². The lowest BCUT2D eigenvalue weighted by molar-refractivity contribution is -0.425. The fraction of sp³-hybridized carbons (Fsp3) is 0.296. The maximum atomic E-state index is 13.3. The lowest BCUT2D eigenvalue weighted by Gasteiger charge is -2.23. The summed E-state index contributed by atoms with van der Waals surface area (Å²) >= 11 is 1.23. The van der Waals surface area contributed by atoms with Crippen molar-refractivity contribution in [3.05, 3.63) is 59.5 Å². The molecule has 2 N–H and O–H groups in total. The number of nitrogens with one attached hydrogen (secondary N) is 2. The summed E-state index contributed by atoms with van der Waals surface area (Å²) in [5, 5.41) is 6.49. The van der Waals surface area contributed by atoms with E-state index in [2.05, 4.69) is 10.6 Å². The first-order chi connectivity index (χ1) is 18.8. The van der Waals surface area contributed by atoms with E-state index in [9.17, 15) is 19.2 Å². The van der Waals surface area contributed by atoms with E-state index < -0.39 is 35.5 Å². The molecule has 204 valence electrons. The first-order valence-electron chi connectivity index (χ1n) is 12.1. The lowest BCUT2D eigenvalue weighted by atomic mass is 10.1. The molecule has 11 nitrogen and oxygen atoms in total. The summed E-state index contributed by atoms with van der Waals surface area (Å²) in [6.45, 7) is -0.480. The van der Waals surface area contributed by atoms with Crippen molar-refractivity contribution in [3.8, 4) is 17.2 Å². The van der Waals surface area contributed by atoms with Gasteiger partial charge < -0.3 is 24.8 Å². The van der Waals surface area contributed by atoms with E-state index in [4.69, 9.17) is 14.2 Å². The van der Waals surface area contributed by atoms with Crippen molar-refractivity contribution in [1.82, 2.24) is 10.2 Å². The topological polar surface area (TPSA) is 126 Å². The summed E-state index contributed by atoms with van der Waals surface area (Å²) in [5.41, 5.74) is 1.87. The summed E-state index contributed by atoms with van der Waals surface area (Å²) in [6.07, 6.45) is 2.15. The zero-order valence-electron chi connectivity index (χ0n) is 21.8. The molecule has 5 amide bonds. The monoisotopic (exact) mass is 553 g/mol. The first-order valence-corrected chi connectivity index (χ1v) is 13.0. The second kappa shape index (κ2) is 12.5. The Balaban J connectivity index is 1.38. The number of thioether (sulfide) groups is 1. The highest BCUT2D eigenvalue weighted by Gasteiger charge is 2.50. The van der Waals surface area contributed by atoms with Crippen LogP contribution in [0.4, 0.5) is 10.5 Å². The molecule has 0 radical (unpaired) electrons. The number of carbonyl (C=O) groups is 4. The SMILES string of the molecule is COc1ccc(NC(=O)C[N+]2=C3C=CSC3C(=O)N(CC(=O)NCCc3ccc(OC)c(OC)c3)C2=O)cc1. The Morgan fingerprint density at radius 2 is 1.72 bits per heavy atom. The maximum absolute atomic E-state index is 13.3. The minimum Gasteiger partial charge on any atom is -0.497 e. The molecule has 2 aliphatic heterocycles. The number of anilines is 1. The van der Waals surface area contributed by atoms with Crippen molar-refractivity contribution < 1.29 is 38.0 Å². The number of methoxy groups -OCH3 is 3. The van der Waals surface area contributed by atoms with Crippen LogP contribution in [0, 0.1) is 0 Å². The fourth-order valence-electron chi connectivity index (χ4n) is 4.16. The highest BCUT2D eigenvalue weighted by Crippen LogP contribution is 2.29. The Labute approximate surface area is 229 Å². The van der Waals surface area contributed by atoms with Crippen LogP contribution in [0.5, 0.6) is 17.2 Å². The number of amides is 5. The van der Waals surface area contributed by atoms with Crippen LogP contribution in [0.25, 0.3) is 0 Å². The van der Waals surface area contributed by atoms with E-state index in [1.54, 1.807) is 63.1 Å². The van der Waals surface area contributed by atoms with Crippen LogP contribution in [0.1, 0.15) is 5.56 Å². The molecular weight excluding hydrogens is 524 g/mol. The van der Waals surface area contributed by atoms with Gasteiger partial charge in [-0.15, -0.1) is 16.7 Å². The molecule has 2 heterocycles. The zero-order chi connectivity index (χ0) is 27.9. The average Bonchev–Trinajstić information content (AvgIpc) is 3.44. The summed E-state index contributed by atoms with van der Waals surface area (Å²) < 4.78 is 16.9. The van der Waals surface area contributed by atoms with Gasteiger partial charge in [0.15, 0.2) is 29.8 Å². The van der Waals surface area contributed by atoms with Gasteiger partial charge in [0.2, 0.25) is 0 Å². The number of allylic oxidation sites excluding steroid dienone is 1. The third-order valence-corrected chi connectivity index (χ3v) is 7.16. The number of nitrogens with zero attached hydrogens (tertiary/aromatic N) is 2. The molecule has 2 aromatic rings. The lowest BCUT2D eigenvalue weighted by Crippen LogP contribution is -2.58.